The van der Waals surface area contributed by atoms with Gasteiger partial charge in [-0.2, -0.15) is 0 Å². The van der Waals surface area contributed by atoms with Crippen molar-refractivity contribution in [2.75, 3.05) is 0 Å². The Bertz CT molecular complexity index is 349. The van der Waals surface area contributed by atoms with E-state index >= 15 is 0 Å². The molecule has 0 amide bonds. The molecule has 0 fully saturated rings. The number of phenolic OH excluding ortho intramolecular Hbond substituents is 1. The molecular weight excluding hydrogens is 128 g/mol. The molecule has 0 saturated carbocycles. The Balaban J connectivity index is 2.86. The van der Waals surface area contributed by atoms with Crippen LogP contribution in [0.4, 0.5) is 0 Å². The molecule has 0 aliphatic carbocycles. The maximum atomic E-state index is 9.01. The summed E-state index contributed by atoms with van der Waals surface area (Å²) in [5.41, 5.74) is 0. The minimum atomic E-state index is 0.272. The van der Waals surface area contributed by atoms with Gasteiger partial charge in [-0.1, -0.05) is 0 Å². The first-order valence-corrected chi connectivity index (χ1v) is 3.01. The van der Waals surface area contributed by atoms with Crippen LogP contribution in [0.1, 0.15) is 0 Å². The summed E-state index contributed by atoms with van der Waals surface area (Å²) in [6.45, 7) is 0. The number of fused-ring (bicyclic) bond motifs is 1. The van der Waals surface area contributed by atoms with Gasteiger partial charge in [0.2, 0.25) is 0 Å². The molecule has 1 aromatic carbocycles. The van der Waals surface area contributed by atoms with E-state index in [-0.39, 0.29) is 5.75 Å². The number of hydrogen-bond donors (Lipinski definition) is 1. The van der Waals surface area contributed by atoms with E-state index in [4.69, 9.17) is 9.52 Å². The van der Waals surface area contributed by atoms with Crippen molar-refractivity contribution in [3.8, 4) is 5.75 Å². The van der Waals surface area contributed by atoms with Gasteiger partial charge in [-0.05, 0) is 18.2 Å². The third-order valence-corrected chi connectivity index (χ3v) is 1.46. The molecule has 0 saturated heterocycles. The summed E-state index contributed by atoms with van der Waals surface area (Å²) in [6, 6.07) is 5.12. The summed E-state index contributed by atoms with van der Waals surface area (Å²) < 4.78 is 4.91. The number of hydrogen-bond acceptors (Lipinski definition) is 2. The number of furan rings is 1. The van der Waals surface area contributed by atoms with E-state index in [0.717, 1.165) is 10.8 Å². The minimum Gasteiger partial charge on any atom is -0.508 e. The van der Waals surface area contributed by atoms with E-state index in [9.17, 15) is 0 Å². The van der Waals surface area contributed by atoms with Crippen LogP contribution >= 0.6 is 0 Å². The zero-order valence-electron chi connectivity index (χ0n) is 5.24. The summed E-state index contributed by atoms with van der Waals surface area (Å²) in [5, 5.41) is 10.9. The van der Waals surface area contributed by atoms with Gasteiger partial charge >= 0.3 is 0 Å². The molecule has 0 atom stereocenters. The van der Waals surface area contributed by atoms with Crippen LogP contribution in [0.3, 0.4) is 0 Å². The predicted octanol–water partition coefficient (Wildman–Crippen LogP) is 2.14. The number of rotatable bonds is 0. The summed E-state index contributed by atoms with van der Waals surface area (Å²) in [7, 11) is 0. The molecule has 2 rings (SSSR count). The van der Waals surface area contributed by atoms with Crippen LogP contribution in [0.2, 0.25) is 0 Å². The van der Waals surface area contributed by atoms with E-state index in [0.29, 0.717) is 0 Å². The van der Waals surface area contributed by atoms with Crippen molar-refractivity contribution in [1.82, 2.24) is 0 Å². The molecule has 1 heterocycles. The molecule has 0 bridgehead atoms. The summed E-state index contributed by atoms with van der Waals surface area (Å²) >= 11 is 0. The molecule has 0 aliphatic heterocycles. The average molecular weight is 134 g/mol. The molecule has 2 nitrogen and oxygen atoms in total. The molecule has 1 N–H and O–H groups in total. The van der Waals surface area contributed by atoms with Crippen LogP contribution in [-0.4, -0.2) is 5.11 Å². The molecule has 1 aromatic heterocycles. The highest BCUT2D eigenvalue weighted by Crippen LogP contribution is 2.19. The van der Waals surface area contributed by atoms with Gasteiger partial charge in [0, 0.05) is 10.8 Å². The van der Waals surface area contributed by atoms with Crippen molar-refractivity contribution in [3.05, 3.63) is 30.7 Å². The predicted molar refractivity (Wildman–Crippen MR) is 37.9 cm³/mol. The monoisotopic (exact) mass is 134 g/mol. The van der Waals surface area contributed by atoms with E-state index in [1.54, 1.807) is 24.7 Å². The van der Waals surface area contributed by atoms with Crippen LogP contribution in [0.25, 0.3) is 10.8 Å². The Morgan fingerprint density at radius 2 is 1.90 bits per heavy atom. The van der Waals surface area contributed by atoms with Gasteiger partial charge in [0.1, 0.15) is 5.75 Å². The SMILES string of the molecule is Oc1ccc2cocc2c1. The average Bonchev–Trinajstić information content (AvgIpc) is 2.33. The second kappa shape index (κ2) is 1.77. The highest BCUT2D eigenvalue weighted by Gasteiger charge is 1.94. The van der Waals surface area contributed by atoms with Gasteiger partial charge in [-0.3, -0.25) is 0 Å². The Morgan fingerprint density at radius 1 is 1.10 bits per heavy atom. The van der Waals surface area contributed by atoms with Crippen LogP contribution in [0, 0.1) is 0 Å². The topological polar surface area (TPSA) is 33.4 Å². The number of phenols is 1. The van der Waals surface area contributed by atoms with Crippen LogP contribution in [0.5, 0.6) is 5.75 Å². The lowest BCUT2D eigenvalue weighted by Gasteiger charge is -1.88. The lowest BCUT2D eigenvalue weighted by atomic mass is 10.2. The van der Waals surface area contributed by atoms with Crippen molar-refractivity contribution >= 4 is 10.8 Å². The van der Waals surface area contributed by atoms with Crippen molar-refractivity contribution in [3.63, 3.8) is 0 Å². The van der Waals surface area contributed by atoms with Crippen molar-refractivity contribution in [2.24, 2.45) is 0 Å². The Hall–Kier alpha value is -1.44. The molecule has 0 spiro atoms. The highest BCUT2D eigenvalue weighted by atomic mass is 16.3. The molecule has 50 valence electrons. The summed E-state index contributed by atoms with van der Waals surface area (Å²) in [5.74, 6) is 0.272. The molecule has 0 unspecified atom stereocenters. The van der Waals surface area contributed by atoms with Gasteiger partial charge in [-0.25, -0.2) is 0 Å². The largest absolute Gasteiger partial charge is 0.508 e. The fourth-order valence-electron chi connectivity index (χ4n) is 0.952. The smallest absolute Gasteiger partial charge is 0.116 e. The maximum absolute atomic E-state index is 9.01. The van der Waals surface area contributed by atoms with Crippen LogP contribution in [0.15, 0.2) is 35.1 Å². The Labute approximate surface area is 57.7 Å². The van der Waals surface area contributed by atoms with Crippen LogP contribution in [-0.2, 0) is 0 Å². The fourth-order valence-corrected chi connectivity index (χ4v) is 0.952. The Kier molecular flexibility index (Phi) is 0.947. The van der Waals surface area contributed by atoms with E-state index in [1.807, 2.05) is 6.07 Å². The first-order chi connectivity index (χ1) is 4.86. The lowest BCUT2D eigenvalue weighted by Crippen LogP contribution is -1.62. The number of aromatic hydroxyl groups is 1. The normalized spacial score (nSPS) is 10.4. The van der Waals surface area contributed by atoms with Gasteiger partial charge < -0.3 is 9.52 Å². The highest BCUT2D eigenvalue weighted by molar-refractivity contribution is 5.82. The third kappa shape index (κ3) is 0.658. The zero-order chi connectivity index (χ0) is 6.97. The zero-order valence-corrected chi connectivity index (χ0v) is 5.24. The second-order valence-electron chi connectivity index (χ2n) is 2.19. The maximum Gasteiger partial charge on any atom is 0.116 e. The third-order valence-electron chi connectivity index (χ3n) is 1.46. The molecular formula is C8H6O2. The van der Waals surface area contributed by atoms with E-state index < -0.39 is 0 Å². The molecule has 2 aromatic rings. The molecule has 0 radical (unpaired) electrons. The molecule has 2 heteroatoms. The first kappa shape index (κ1) is 5.35. The quantitative estimate of drug-likeness (QED) is 0.598. The minimum absolute atomic E-state index is 0.272. The molecule has 0 aliphatic rings. The van der Waals surface area contributed by atoms with E-state index in [2.05, 4.69) is 0 Å². The fraction of sp³-hybridized carbons (Fsp3) is 0. The van der Waals surface area contributed by atoms with Crippen molar-refractivity contribution in [2.45, 2.75) is 0 Å². The van der Waals surface area contributed by atoms with Crippen molar-refractivity contribution in [1.29, 1.82) is 0 Å². The van der Waals surface area contributed by atoms with Gasteiger partial charge in [0.25, 0.3) is 0 Å². The van der Waals surface area contributed by atoms with Crippen molar-refractivity contribution < 1.29 is 9.52 Å². The standard InChI is InChI=1S/C8H6O2/c9-8-2-1-6-4-10-5-7(6)3-8/h1-5,9H. The summed E-state index contributed by atoms with van der Waals surface area (Å²) in [6.07, 6.45) is 3.25. The van der Waals surface area contributed by atoms with Gasteiger partial charge in [-0.15, -0.1) is 0 Å². The Morgan fingerprint density at radius 3 is 2.80 bits per heavy atom. The number of benzene rings is 1. The second-order valence-corrected chi connectivity index (χ2v) is 2.19. The van der Waals surface area contributed by atoms with Gasteiger partial charge in [0.15, 0.2) is 0 Å². The first-order valence-electron chi connectivity index (χ1n) is 3.01. The van der Waals surface area contributed by atoms with Crippen LogP contribution < -0.4 is 0 Å². The molecule has 10 heavy (non-hydrogen) atoms. The van der Waals surface area contributed by atoms with E-state index in [1.165, 1.54) is 0 Å². The summed E-state index contributed by atoms with van der Waals surface area (Å²) in [4.78, 5) is 0. The lowest BCUT2D eigenvalue weighted by molar-refractivity contribution is 0.476. The van der Waals surface area contributed by atoms with Gasteiger partial charge in [0.05, 0.1) is 12.5 Å².